The van der Waals surface area contributed by atoms with Crippen molar-refractivity contribution in [2.45, 2.75) is 51.0 Å². The maximum atomic E-state index is 12.9. The highest BCUT2D eigenvalue weighted by atomic mass is 16.5. The van der Waals surface area contributed by atoms with Gasteiger partial charge < -0.3 is 15.4 Å². The summed E-state index contributed by atoms with van der Waals surface area (Å²) >= 11 is 0. The van der Waals surface area contributed by atoms with Gasteiger partial charge >= 0.3 is 0 Å². The van der Waals surface area contributed by atoms with E-state index < -0.39 is 11.5 Å². The molecule has 2 rings (SSSR count). The molecule has 1 aromatic rings. The Kier molecular flexibility index (Phi) is 5.64. The fourth-order valence-electron chi connectivity index (χ4n) is 3.26. The lowest BCUT2D eigenvalue weighted by molar-refractivity contribution is -0.131. The smallest absolute Gasteiger partial charge is 0.242 e. The van der Waals surface area contributed by atoms with Gasteiger partial charge in [0, 0.05) is 6.54 Å². The van der Waals surface area contributed by atoms with Gasteiger partial charge in [-0.3, -0.25) is 9.59 Å². The van der Waals surface area contributed by atoms with Crippen LogP contribution in [0, 0.1) is 0 Å². The zero-order valence-electron chi connectivity index (χ0n) is 14.1. The largest absolute Gasteiger partial charge is 0.497 e. The average Bonchev–Trinajstić information content (AvgIpc) is 3.06. The van der Waals surface area contributed by atoms with E-state index in [1.807, 2.05) is 31.2 Å². The summed E-state index contributed by atoms with van der Waals surface area (Å²) in [7, 11) is 1.63. The molecule has 5 nitrogen and oxygen atoms in total. The van der Waals surface area contributed by atoms with Crippen molar-refractivity contribution in [2.24, 2.45) is 0 Å². The number of amides is 2. The Morgan fingerprint density at radius 3 is 2.35 bits per heavy atom. The monoisotopic (exact) mass is 318 g/mol. The maximum absolute atomic E-state index is 12.9. The molecule has 0 unspecified atom stereocenters. The third-order valence-electron chi connectivity index (χ3n) is 4.63. The Bertz CT molecular complexity index is 548. The van der Waals surface area contributed by atoms with E-state index >= 15 is 0 Å². The number of nitrogens with one attached hydrogen (secondary N) is 2. The van der Waals surface area contributed by atoms with Crippen LogP contribution in [-0.2, 0) is 15.0 Å². The van der Waals surface area contributed by atoms with Crippen molar-refractivity contribution < 1.29 is 14.3 Å². The summed E-state index contributed by atoms with van der Waals surface area (Å²) in [6.45, 7) is 4.14. The van der Waals surface area contributed by atoms with Gasteiger partial charge in [-0.15, -0.1) is 0 Å². The lowest BCUT2D eigenvalue weighted by Gasteiger charge is -2.30. The summed E-state index contributed by atoms with van der Waals surface area (Å²) in [5, 5.41) is 5.63. The van der Waals surface area contributed by atoms with Gasteiger partial charge in [-0.05, 0) is 44.4 Å². The number of likely N-dealkylation sites (N-methyl/N-ethyl adjacent to an activating group) is 1. The first-order valence-electron chi connectivity index (χ1n) is 8.26. The van der Waals surface area contributed by atoms with Crippen LogP contribution in [0.1, 0.15) is 45.1 Å². The van der Waals surface area contributed by atoms with Crippen LogP contribution in [0.3, 0.4) is 0 Å². The van der Waals surface area contributed by atoms with Crippen molar-refractivity contribution in [3.63, 3.8) is 0 Å². The molecule has 2 N–H and O–H groups in total. The molecule has 126 valence electrons. The highest BCUT2D eigenvalue weighted by molar-refractivity contribution is 5.93. The number of methoxy groups -OCH3 is 1. The number of ether oxygens (including phenoxy) is 1. The molecule has 5 heteroatoms. The van der Waals surface area contributed by atoms with E-state index in [0.29, 0.717) is 6.54 Å². The fraction of sp³-hybridized carbons (Fsp3) is 0.556. The highest BCUT2D eigenvalue weighted by Crippen LogP contribution is 2.41. The van der Waals surface area contributed by atoms with Crippen LogP contribution < -0.4 is 15.4 Å². The molecule has 0 heterocycles. The fourth-order valence-corrected chi connectivity index (χ4v) is 3.26. The van der Waals surface area contributed by atoms with Crippen molar-refractivity contribution in [1.29, 1.82) is 0 Å². The van der Waals surface area contributed by atoms with Crippen LogP contribution in [-0.4, -0.2) is 31.5 Å². The standard InChI is InChI=1S/C18H26N2O3/c1-4-19-16(21)13(2)20-17(22)18(11-5-6-12-18)14-7-9-15(23-3)10-8-14/h7-10,13H,4-6,11-12H2,1-3H3,(H,19,21)(H,20,22)/t13-/m0/s1. The molecule has 0 saturated heterocycles. The first kappa shape index (κ1) is 17.3. The summed E-state index contributed by atoms with van der Waals surface area (Å²) in [6.07, 6.45) is 3.67. The second kappa shape index (κ2) is 7.49. The lowest BCUT2D eigenvalue weighted by atomic mass is 9.77. The zero-order valence-corrected chi connectivity index (χ0v) is 14.1. The number of carbonyl (C=O) groups excluding carboxylic acids is 2. The molecule has 0 aliphatic heterocycles. The van der Waals surface area contributed by atoms with Crippen LogP contribution in [0.25, 0.3) is 0 Å². The van der Waals surface area contributed by atoms with Gasteiger partial charge in [-0.2, -0.15) is 0 Å². The Hall–Kier alpha value is -2.04. The summed E-state index contributed by atoms with van der Waals surface area (Å²) in [5.41, 5.74) is 0.462. The number of carbonyl (C=O) groups is 2. The Balaban J connectivity index is 2.19. The molecular formula is C18H26N2O3. The van der Waals surface area contributed by atoms with Gasteiger partial charge in [0.05, 0.1) is 12.5 Å². The molecule has 2 amide bonds. The Labute approximate surface area is 137 Å². The van der Waals surface area contributed by atoms with Crippen LogP contribution >= 0.6 is 0 Å². The number of benzene rings is 1. The Morgan fingerprint density at radius 1 is 1.22 bits per heavy atom. The maximum Gasteiger partial charge on any atom is 0.242 e. The topological polar surface area (TPSA) is 67.4 Å². The molecule has 23 heavy (non-hydrogen) atoms. The summed E-state index contributed by atoms with van der Waals surface area (Å²) in [4.78, 5) is 24.8. The first-order valence-corrected chi connectivity index (χ1v) is 8.26. The van der Waals surface area contributed by atoms with Gasteiger partial charge in [0.1, 0.15) is 11.8 Å². The minimum atomic E-state index is -0.535. The van der Waals surface area contributed by atoms with Crippen molar-refractivity contribution in [3.05, 3.63) is 29.8 Å². The third-order valence-corrected chi connectivity index (χ3v) is 4.63. The molecule has 1 aromatic carbocycles. The van der Waals surface area contributed by atoms with Gasteiger partial charge in [-0.1, -0.05) is 25.0 Å². The zero-order chi connectivity index (χ0) is 16.9. The predicted molar refractivity (Wildman–Crippen MR) is 89.4 cm³/mol. The van der Waals surface area contributed by atoms with Gasteiger partial charge in [-0.25, -0.2) is 0 Å². The molecule has 0 aromatic heterocycles. The van der Waals surface area contributed by atoms with E-state index in [1.54, 1.807) is 14.0 Å². The second-order valence-corrected chi connectivity index (χ2v) is 6.11. The molecular weight excluding hydrogens is 292 g/mol. The van der Waals surface area contributed by atoms with Crippen molar-refractivity contribution in [1.82, 2.24) is 10.6 Å². The van der Waals surface area contributed by atoms with Crippen LogP contribution in [0.2, 0.25) is 0 Å². The molecule has 1 aliphatic rings. The molecule has 0 spiro atoms. The van der Waals surface area contributed by atoms with Gasteiger partial charge in [0.15, 0.2) is 0 Å². The van der Waals surface area contributed by atoms with Crippen molar-refractivity contribution >= 4 is 11.8 Å². The second-order valence-electron chi connectivity index (χ2n) is 6.11. The van der Waals surface area contributed by atoms with Gasteiger partial charge in [0.25, 0.3) is 0 Å². The molecule has 1 saturated carbocycles. The van der Waals surface area contributed by atoms with Gasteiger partial charge in [0.2, 0.25) is 11.8 Å². The predicted octanol–water partition coefficient (Wildman–Crippen LogP) is 2.15. The molecule has 0 bridgehead atoms. The first-order chi connectivity index (χ1) is 11.0. The molecule has 1 aliphatic carbocycles. The SMILES string of the molecule is CCNC(=O)[C@H](C)NC(=O)C1(c2ccc(OC)cc2)CCCC1. The summed E-state index contributed by atoms with van der Waals surface area (Å²) in [5.74, 6) is 0.570. The van der Waals surface area contributed by atoms with E-state index in [4.69, 9.17) is 4.74 Å². The lowest BCUT2D eigenvalue weighted by Crippen LogP contribution is -2.51. The van der Waals surface area contributed by atoms with Crippen molar-refractivity contribution in [2.75, 3.05) is 13.7 Å². The summed E-state index contributed by atoms with van der Waals surface area (Å²) in [6, 6.07) is 7.16. The van der Waals surface area contributed by atoms with Crippen LogP contribution in [0.5, 0.6) is 5.75 Å². The van der Waals surface area contributed by atoms with E-state index in [1.165, 1.54) is 0 Å². The average molecular weight is 318 g/mol. The minimum absolute atomic E-state index is 0.0566. The summed E-state index contributed by atoms with van der Waals surface area (Å²) < 4.78 is 5.19. The number of hydrogen-bond acceptors (Lipinski definition) is 3. The van der Waals surface area contributed by atoms with E-state index in [0.717, 1.165) is 37.0 Å². The minimum Gasteiger partial charge on any atom is -0.497 e. The molecule has 1 atom stereocenters. The number of hydrogen-bond donors (Lipinski definition) is 2. The molecule has 0 radical (unpaired) electrons. The Morgan fingerprint density at radius 2 is 1.83 bits per heavy atom. The van der Waals surface area contributed by atoms with Crippen LogP contribution in [0.4, 0.5) is 0 Å². The van der Waals surface area contributed by atoms with Crippen LogP contribution in [0.15, 0.2) is 24.3 Å². The molecule has 1 fully saturated rings. The highest BCUT2D eigenvalue weighted by Gasteiger charge is 2.43. The van der Waals surface area contributed by atoms with E-state index in [9.17, 15) is 9.59 Å². The third kappa shape index (κ3) is 3.66. The normalized spacial score (nSPS) is 17.3. The van der Waals surface area contributed by atoms with E-state index in [2.05, 4.69) is 10.6 Å². The van der Waals surface area contributed by atoms with E-state index in [-0.39, 0.29) is 11.8 Å². The van der Waals surface area contributed by atoms with Crippen molar-refractivity contribution in [3.8, 4) is 5.75 Å². The quantitative estimate of drug-likeness (QED) is 0.844. The number of rotatable bonds is 6.